The summed E-state index contributed by atoms with van der Waals surface area (Å²) in [6.07, 6.45) is 2.01. The van der Waals surface area contributed by atoms with E-state index in [4.69, 9.17) is 4.74 Å². The second kappa shape index (κ2) is 11.4. The number of benzene rings is 1. The fraction of sp³-hybridized carbons (Fsp3) is 0.421. The Morgan fingerprint density at radius 1 is 1.32 bits per heavy atom. The van der Waals surface area contributed by atoms with Crippen LogP contribution >= 0.6 is 11.8 Å². The molecule has 1 aromatic carbocycles. The molecule has 152 valence electrons. The molecule has 9 heteroatoms. The van der Waals surface area contributed by atoms with Crippen LogP contribution in [0.5, 0.6) is 5.75 Å². The molecule has 0 bridgehead atoms. The summed E-state index contributed by atoms with van der Waals surface area (Å²) in [5.74, 6) is 0.414. The molecule has 0 aliphatic carbocycles. The second-order valence-electron chi connectivity index (χ2n) is 6.13. The van der Waals surface area contributed by atoms with Crippen molar-refractivity contribution >= 4 is 35.2 Å². The summed E-state index contributed by atoms with van der Waals surface area (Å²) >= 11 is 1.26. The van der Waals surface area contributed by atoms with Crippen LogP contribution < -0.4 is 26.0 Å². The molecule has 1 heterocycles. The van der Waals surface area contributed by atoms with E-state index < -0.39 is 5.50 Å². The molecule has 1 aliphatic rings. The van der Waals surface area contributed by atoms with E-state index in [2.05, 4.69) is 27.8 Å². The zero-order valence-electron chi connectivity index (χ0n) is 15.8. The minimum Gasteiger partial charge on any atom is -0.494 e. The fourth-order valence-corrected chi connectivity index (χ4v) is 3.50. The third kappa shape index (κ3) is 7.61. The molecule has 0 radical (unpaired) electrons. The van der Waals surface area contributed by atoms with E-state index >= 15 is 0 Å². The number of carbonyl (C=O) groups is 3. The number of amides is 3. The van der Waals surface area contributed by atoms with E-state index in [1.54, 1.807) is 30.3 Å². The van der Waals surface area contributed by atoms with Crippen molar-refractivity contribution in [3.63, 3.8) is 0 Å². The molecule has 0 spiro atoms. The highest BCUT2D eigenvalue weighted by molar-refractivity contribution is 8.00. The van der Waals surface area contributed by atoms with Crippen LogP contribution in [0.1, 0.15) is 19.8 Å². The topological polar surface area (TPSA) is 109 Å². The van der Waals surface area contributed by atoms with Crippen molar-refractivity contribution < 1.29 is 19.1 Å². The van der Waals surface area contributed by atoms with Gasteiger partial charge in [-0.25, -0.2) is 0 Å². The maximum absolute atomic E-state index is 12.1. The molecule has 3 amide bonds. The van der Waals surface area contributed by atoms with Gasteiger partial charge in [-0.05, 0) is 31.2 Å². The van der Waals surface area contributed by atoms with Crippen molar-refractivity contribution in [1.82, 2.24) is 16.0 Å². The summed E-state index contributed by atoms with van der Waals surface area (Å²) < 4.78 is 5.36. The van der Waals surface area contributed by atoms with E-state index in [9.17, 15) is 14.4 Å². The smallest absolute Gasteiger partial charge is 0.234 e. The number of anilines is 1. The molecule has 0 aromatic heterocycles. The lowest BCUT2D eigenvalue weighted by Crippen LogP contribution is -2.56. The molecule has 4 N–H and O–H groups in total. The van der Waals surface area contributed by atoms with Crippen LogP contribution in [-0.4, -0.2) is 48.2 Å². The highest BCUT2D eigenvalue weighted by Crippen LogP contribution is 2.17. The number of thioether (sulfide) groups is 1. The Morgan fingerprint density at radius 3 is 2.75 bits per heavy atom. The maximum Gasteiger partial charge on any atom is 0.234 e. The van der Waals surface area contributed by atoms with Gasteiger partial charge in [0.05, 0.1) is 12.4 Å². The van der Waals surface area contributed by atoms with Crippen molar-refractivity contribution in [2.24, 2.45) is 0 Å². The Hall–Kier alpha value is -2.52. The molecule has 0 saturated carbocycles. The Morgan fingerprint density at radius 2 is 2.07 bits per heavy atom. The second-order valence-corrected chi connectivity index (χ2v) is 7.22. The fourth-order valence-electron chi connectivity index (χ4n) is 2.60. The van der Waals surface area contributed by atoms with Crippen molar-refractivity contribution in [3.8, 4) is 5.75 Å². The van der Waals surface area contributed by atoms with Crippen molar-refractivity contribution in [3.05, 3.63) is 36.9 Å². The lowest BCUT2D eigenvalue weighted by Gasteiger charge is -2.30. The summed E-state index contributed by atoms with van der Waals surface area (Å²) in [4.78, 5) is 35.8. The summed E-state index contributed by atoms with van der Waals surface area (Å²) in [6.45, 7) is 6.42. The van der Waals surface area contributed by atoms with Gasteiger partial charge in [0.25, 0.3) is 0 Å². The monoisotopic (exact) mass is 406 g/mol. The summed E-state index contributed by atoms with van der Waals surface area (Å²) in [5, 5.41) is 11.4. The normalized spacial score (nSPS) is 18.7. The van der Waals surface area contributed by atoms with E-state index in [0.29, 0.717) is 18.8 Å². The van der Waals surface area contributed by atoms with Crippen molar-refractivity contribution in [2.45, 2.75) is 31.3 Å². The van der Waals surface area contributed by atoms with Gasteiger partial charge >= 0.3 is 0 Å². The third-order valence-electron chi connectivity index (χ3n) is 3.82. The van der Waals surface area contributed by atoms with Crippen LogP contribution in [0.15, 0.2) is 36.9 Å². The van der Waals surface area contributed by atoms with Gasteiger partial charge in [0.15, 0.2) is 0 Å². The van der Waals surface area contributed by atoms with Crippen LogP contribution in [0.2, 0.25) is 0 Å². The standard InChI is InChI=1S/C19H26N4O4S/c1-3-9-20-16(24)10-14-11-17(25)23-19(22-14)28-12-18(26)21-13-5-7-15(8-6-13)27-4-2/h3,5-8,14,19,22H,1,4,9-12H2,2H3,(H,20,24)(H,21,26)(H,23,25). The molecule has 1 aromatic rings. The number of ether oxygens (including phenoxy) is 1. The van der Waals surface area contributed by atoms with E-state index in [1.165, 1.54) is 11.8 Å². The highest BCUT2D eigenvalue weighted by atomic mass is 32.2. The van der Waals surface area contributed by atoms with Gasteiger partial charge in [0, 0.05) is 31.1 Å². The largest absolute Gasteiger partial charge is 0.494 e. The minimum absolute atomic E-state index is 0.148. The molecular weight excluding hydrogens is 380 g/mol. The lowest BCUT2D eigenvalue weighted by molar-refractivity contribution is -0.125. The predicted octanol–water partition coefficient (Wildman–Crippen LogP) is 1.21. The van der Waals surface area contributed by atoms with E-state index in [0.717, 1.165) is 5.75 Å². The van der Waals surface area contributed by atoms with Gasteiger partial charge in [0.1, 0.15) is 11.2 Å². The molecular formula is C19H26N4O4S. The number of rotatable bonds is 10. The van der Waals surface area contributed by atoms with Gasteiger partial charge in [-0.3, -0.25) is 19.7 Å². The number of nitrogens with one attached hydrogen (secondary N) is 4. The number of carbonyl (C=O) groups excluding carboxylic acids is 3. The Labute approximate surface area is 168 Å². The van der Waals surface area contributed by atoms with Crippen LogP contribution in [0.3, 0.4) is 0 Å². The SMILES string of the molecule is C=CCNC(=O)CC1CC(=O)NC(SCC(=O)Nc2ccc(OCC)cc2)N1. The van der Waals surface area contributed by atoms with Crippen LogP contribution in [0.4, 0.5) is 5.69 Å². The van der Waals surface area contributed by atoms with Crippen LogP contribution in [0.25, 0.3) is 0 Å². The van der Waals surface area contributed by atoms with Crippen molar-refractivity contribution in [2.75, 3.05) is 24.2 Å². The average molecular weight is 407 g/mol. The van der Waals surface area contributed by atoms with E-state index in [-0.39, 0.29) is 42.4 Å². The number of hydrogen-bond acceptors (Lipinski definition) is 6. The molecule has 1 fully saturated rings. The summed E-state index contributed by atoms with van der Waals surface area (Å²) in [5.41, 5.74) is 0.246. The molecule has 1 aliphatic heterocycles. The summed E-state index contributed by atoms with van der Waals surface area (Å²) in [7, 11) is 0. The first-order chi connectivity index (χ1) is 13.5. The van der Waals surface area contributed by atoms with Gasteiger partial charge in [0.2, 0.25) is 17.7 Å². The molecule has 2 rings (SSSR count). The third-order valence-corrected chi connectivity index (χ3v) is 4.83. The van der Waals surface area contributed by atoms with Gasteiger partial charge in [-0.1, -0.05) is 6.08 Å². The lowest BCUT2D eigenvalue weighted by atomic mass is 10.1. The van der Waals surface area contributed by atoms with Gasteiger partial charge < -0.3 is 20.7 Å². The Kier molecular flexibility index (Phi) is 8.83. The minimum atomic E-state index is -0.426. The zero-order valence-corrected chi connectivity index (χ0v) is 16.6. The molecule has 2 unspecified atom stereocenters. The quantitative estimate of drug-likeness (QED) is 0.435. The first-order valence-corrected chi connectivity index (χ1v) is 10.1. The Bertz CT molecular complexity index is 696. The van der Waals surface area contributed by atoms with E-state index in [1.807, 2.05) is 6.92 Å². The Balaban J connectivity index is 1.77. The molecule has 1 saturated heterocycles. The highest BCUT2D eigenvalue weighted by Gasteiger charge is 2.27. The first-order valence-electron chi connectivity index (χ1n) is 9.07. The number of hydrogen-bond donors (Lipinski definition) is 4. The first kappa shape index (κ1) is 21.8. The van der Waals surface area contributed by atoms with Gasteiger partial charge in [-0.15, -0.1) is 18.3 Å². The van der Waals surface area contributed by atoms with Crippen LogP contribution in [0, 0.1) is 0 Å². The average Bonchev–Trinajstić information content (AvgIpc) is 2.66. The zero-order chi connectivity index (χ0) is 20.4. The van der Waals surface area contributed by atoms with Gasteiger partial charge in [-0.2, -0.15) is 0 Å². The predicted molar refractivity (Wildman–Crippen MR) is 110 cm³/mol. The molecule has 8 nitrogen and oxygen atoms in total. The van der Waals surface area contributed by atoms with Crippen LogP contribution in [-0.2, 0) is 14.4 Å². The summed E-state index contributed by atoms with van der Waals surface area (Å²) in [6, 6.07) is 6.84. The maximum atomic E-state index is 12.1. The molecule has 2 atom stereocenters. The van der Waals surface area contributed by atoms with Crippen molar-refractivity contribution in [1.29, 1.82) is 0 Å². The molecule has 28 heavy (non-hydrogen) atoms.